The fourth-order valence-electron chi connectivity index (χ4n) is 0.906. The van der Waals surface area contributed by atoms with E-state index in [0.717, 1.165) is 18.2 Å². The van der Waals surface area contributed by atoms with Crippen molar-refractivity contribution in [3.8, 4) is 5.75 Å². The molecule has 0 saturated carbocycles. The molecule has 1 aromatic rings. The van der Waals surface area contributed by atoms with E-state index in [-0.39, 0.29) is 19.0 Å². The summed E-state index contributed by atoms with van der Waals surface area (Å²) in [6.07, 6.45) is 0. The second-order valence-electron chi connectivity index (χ2n) is 3.71. The highest BCUT2D eigenvalue weighted by molar-refractivity contribution is 5.23. The van der Waals surface area contributed by atoms with E-state index in [1.54, 1.807) is 6.92 Å². The van der Waals surface area contributed by atoms with Crippen LogP contribution < -0.4 is 10.5 Å². The first-order valence-electron chi connectivity index (χ1n) is 4.41. The average molecular weight is 217 g/mol. The minimum absolute atomic E-state index is 0.0214. The summed E-state index contributed by atoms with van der Waals surface area (Å²) in [7, 11) is 0. The highest BCUT2D eigenvalue weighted by Crippen LogP contribution is 2.16. The summed E-state index contributed by atoms with van der Waals surface area (Å²) >= 11 is 0. The maximum atomic E-state index is 12.7. The van der Waals surface area contributed by atoms with E-state index < -0.39 is 17.2 Å². The summed E-state index contributed by atoms with van der Waals surface area (Å²) in [5, 5.41) is 8.83. The molecular formula is C10H13F2NO2. The number of rotatable bonds is 4. The monoisotopic (exact) mass is 217 g/mol. The molecule has 0 aliphatic carbocycles. The van der Waals surface area contributed by atoms with Gasteiger partial charge in [-0.3, -0.25) is 0 Å². The number of aliphatic hydroxyl groups is 1. The maximum absolute atomic E-state index is 12.7. The Morgan fingerprint density at radius 3 is 2.33 bits per heavy atom. The lowest BCUT2D eigenvalue weighted by Crippen LogP contribution is -2.45. The zero-order valence-electron chi connectivity index (χ0n) is 8.34. The van der Waals surface area contributed by atoms with Gasteiger partial charge >= 0.3 is 0 Å². The van der Waals surface area contributed by atoms with Crippen LogP contribution in [0.5, 0.6) is 5.75 Å². The standard InChI is InChI=1S/C10H13F2NO2/c1-10(13,5-14)6-15-9-3-7(11)2-8(12)4-9/h2-4,14H,5-6,13H2,1H3. The van der Waals surface area contributed by atoms with E-state index >= 15 is 0 Å². The van der Waals surface area contributed by atoms with E-state index in [2.05, 4.69) is 0 Å². The van der Waals surface area contributed by atoms with Crippen LogP contribution in [-0.4, -0.2) is 23.9 Å². The van der Waals surface area contributed by atoms with Crippen molar-refractivity contribution in [2.24, 2.45) is 5.73 Å². The third-order valence-corrected chi connectivity index (χ3v) is 1.77. The molecule has 3 nitrogen and oxygen atoms in total. The smallest absolute Gasteiger partial charge is 0.129 e. The van der Waals surface area contributed by atoms with Crippen LogP contribution in [0.25, 0.3) is 0 Å². The second-order valence-corrected chi connectivity index (χ2v) is 3.71. The lowest BCUT2D eigenvalue weighted by Gasteiger charge is -2.21. The van der Waals surface area contributed by atoms with E-state index in [1.165, 1.54) is 0 Å². The van der Waals surface area contributed by atoms with Crippen molar-refractivity contribution in [1.29, 1.82) is 0 Å². The Labute approximate surface area is 86.5 Å². The normalized spacial score (nSPS) is 14.7. The molecule has 15 heavy (non-hydrogen) atoms. The molecule has 0 amide bonds. The van der Waals surface area contributed by atoms with E-state index in [0.29, 0.717) is 0 Å². The Hall–Kier alpha value is -1.20. The van der Waals surface area contributed by atoms with Crippen molar-refractivity contribution in [2.75, 3.05) is 13.2 Å². The van der Waals surface area contributed by atoms with Crippen molar-refractivity contribution in [3.05, 3.63) is 29.8 Å². The molecule has 1 aromatic carbocycles. The molecule has 1 unspecified atom stereocenters. The maximum Gasteiger partial charge on any atom is 0.129 e. The third kappa shape index (κ3) is 3.81. The molecule has 3 N–H and O–H groups in total. The van der Waals surface area contributed by atoms with Crippen LogP contribution in [0.15, 0.2) is 18.2 Å². The number of aliphatic hydroxyl groups excluding tert-OH is 1. The van der Waals surface area contributed by atoms with Crippen LogP contribution in [0.4, 0.5) is 8.78 Å². The van der Waals surface area contributed by atoms with Crippen LogP contribution in [0, 0.1) is 11.6 Å². The van der Waals surface area contributed by atoms with Gasteiger partial charge in [-0.15, -0.1) is 0 Å². The molecule has 5 heteroatoms. The van der Waals surface area contributed by atoms with Crippen molar-refractivity contribution >= 4 is 0 Å². The summed E-state index contributed by atoms with van der Waals surface area (Å²) in [6, 6.07) is 2.85. The summed E-state index contributed by atoms with van der Waals surface area (Å²) in [4.78, 5) is 0. The Balaban J connectivity index is 2.65. The van der Waals surface area contributed by atoms with Crippen molar-refractivity contribution in [2.45, 2.75) is 12.5 Å². The number of nitrogens with two attached hydrogens (primary N) is 1. The van der Waals surface area contributed by atoms with Gasteiger partial charge in [-0.05, 0) is 6.92 Å². The Kier molecular flexibility index (Phi) is 3.60. The number of hydrogen-bond donors (Lipinski definition) is 2. The molecule has 1 rings (SSSR count). The lowest BCUT2D eigenvalue weighted by molar-refractivity contribution is 0.145. The fourth-order valence-corrected chi connectivity index (χ4v) is 0.906. The van der Waals surface area contributed by atoms with Gasteiger partial charge in [-0.1, -0.05) is 0 Å². The first-order valence-corrected chi connectivity index (χ1v) is 4.41. The number of ether oxygens (including phenoxy) is 1. The average Bonchev–Trinajstić information content (AvgIpc) is 2.14. The van der Waals surface area contributed by atoms with Gasteiger partial charge in [0.15, 0.2) is 0 Å². The SMILES string of the molecule is CC(N)(CO)COc1cc(F)cc(F)c1. The first-order chi connectivity index (χ1) is 6.93. The highest BCUT2D eigenvalue weighted by atomic mass is 19.1. The van der Waals surface area contributed by atoms with Gasteiger partial charge in [0.25, 0.3) is 0 Å². The minimum Gasteiger partial charge on any atom is -0.491 e. The molecule has 0 spiro atoms. The predicted molar refractivity (Wildman–Crippen MR) is 51.5 cm³/mol. The molecule has 0 bridgehead atoms. The summed E-state index contributed by atoms with van der Waals surface area (Å²) in [6.45, 7) is 1.28. The minimum atomic E-state index is -0.928. The van der Waals surface area contributed by atoms with Gasteiger partial charge in [0.1, 0.15) is 24.0 Å². The summed E-state index contributed by atoms with van der Waals surface area (Å²) in [5.41, 5.74) is 4.65. The Bertz CT molecular complexity index is 322. The number of benzene rings is 1. The van der Waals surface area contributed by atoms with Crippen molar-refractivity contribution in [1.82, 2.24) is 0 Å². The van der Waals surface area contributed by atoms with E-state index in [9.17, 15) is 8.78 Å². The van der Waals surface area contributed by atoms with Gasteiger partial charge in [-0.25, -0.2) is 8.78 Å². The van der Waals surface area contributed by atoms with Gasteiger partial charge in [0, 0.05) is 18.2 Å². The molecule has 0 saturated heterocycles. The van der Waals surface area contributed by atoms with Crippen LogP contribution in [0.3, 0.4) is 0 Å². The molecular weight excluding hydrogens is 204 g/mol. The molecule has 1 atom stereocenters. The summed E-state index contributed by atoms with van der Waals surface area (Å²) in [5.74, 6) is -1.38. The van der Waals surface area contributed by atoms with Gasteiger partial charge in [0.2, 0.25) is 0 Å². The largest absolute Gasteiger partial charge is 0.491 e. The van der Waals surface area contributed by atoms with Gasteiger partial charge in [-0.2, -0.15) is 0 Å². The van der Waals surface area contributed by atoms with Gasteiger partial charge in [0.05, 0.1) is 12.1 Å². The first kappa shape index (κ1) is 11.9. The number of halogens is 2. The third-order valence-electron chi connectivity index (χ3n) is 1.77. The van der Waals surface area contributed by atoms with Gasteiger partial charge < -0.3 is 15.6 Å². The second kappa shape index (κ2) is 4.55. The van der Waals surface area contributed by atoms with E-state index in [1.807, 2.05) is 0 Å². The van der Waals surface area contributed by atoms with Crippen LogP contribution in [0.2, 0.25) is 0 Å². The molecule has 0 aliphatic rings. The van der Waals surface area contributed by atoms with E-state index in [4.69, 9.17) is 15.6 Å². The number of hydrogen-bond acceptors (Lipinski definition) is 3. The zero-order valence-corrected chi connectivity index (χ0v) is 8.34. The lowest BCUT2D eigenvalue weighted by atomic mass is 10.1. The summed E-state index contributed by atoms with van der Waals surface area (Å²) < 4.78 is 30.5. The molecule has 0 heterocycles. The van der Waals surface area contributed by atoms with Crippen LogP contribution >= 0.6 is 0 Å². The van der Waals surface area contributed by atoms with Crippen molar-refractivity contribution in [3.63, 3.8) is 0 Å². The molecule has 0 aliphatic heterocycles. The zero-order chi connectivity index (χ0) is 11.5. The fraction of sp³-hybridized carbons (Fsp3) is 0.400. The Morgan fingerprint density at radius 1 is 1.33 bits per heavy atom. The van der Waals surface area contributed by atoms with Crippen LogP contribution in [-0.2, 0) is 0 Å². The topological polar surface area (TPSA) is 55.5 Å². The van der Waals surface area contributed by atoms with Crippen molar-refractivity contribution < 1.29 is 18.6 Å². The quantitative estimate of drug-likeness (QED) is 0.792. The molecule has 0 aromatic heterocycles. The molecule has 0 fully saturated rings. The highest BCUT2D eigenvalue weighted by Gasteiger charge is 2.18. The Morgan fingerprint density at radius 2 is 1.87 bits per heavy atom. The molecule has 0 radical (unpaired) electrons. The predicted octanol–water partition coefficient (Wildman–Crippen LogP) is 1.05. The molecule has 84 valence electrons. The van der Waals surface area contributed by atoms with Crippen LogP contribution in [0.1, 0.15) is 6.92 Å².